The maximum absolute atomic E-state index is 14.2. The van der Waals surface area contributed by atoms with Gasteiger partial charge in [-0.2, -0.15) is 0 Å². The highest BCUT2D eigenvalue weighted by Crippen LogP contribution is 2.47. The van der Waals surface area contributed by atoms with E-state index in [-0.39, 0.29) is 17.7 Å². The fourth-order valence-corrected chi connectivity index (χ4v) is 7.81. The second-order valence-corrected chi connectivity index (χ2v) is 13.1. The van der Waals surface area contributed by atoms with Crippen molar-refractivity contribution in [2.45, 2.75) is 66.3 Å². The summed E-state index contributed by atoms with van der Waals surface area (Å²) in [5.41, 5.74) is 9.53. The van der Waals surface area contributed by atoms with Crippen LogP contribution >= 0.6 is 0 Å². The molecule has 3 atom stereocenters. The van der Waals surface area contributed by atoms with Crippen molar-refractivity contribution in [1.29, 1.82) is 0 Å². The normalized spacial score (nSPS) is 19.9. The van der Waals surface area contributed by atoms with Crippen molar-refractivity contribution < 1.29 is 9.18 Å². The monoisotopic (exact) mass is 573 g/mol. The number of benzene rings is 2. The molecule has 1 fully saturated rings. The summed E-state index contributed by atoms with van der Waals surface area (Å²) < 4.78 is 18.7. The predicted octanol–water partition coefficient (Wildman–Crippen LogP) is 8.65. The predicted molar refractivity (Wildman–Crippen MR) is 171 cm³/mol. The summed E-state index contributed by atoms with van der Waals surface area (Å²) in [6.45, 7) is 8.94. The maximum atomic E-state index is 14.2. The number of aromatic nitrogens is 3. The zero-order valence-corrected chi connectivity index (χ0v) is 25.6. The maximum Gasteiger partial charge on any atom is 0.138 e. The van der Waals surface area contributed by atoms with Gasteiger partial charge >= 0.3 is 0 Å². The molecule has 7 rings (SSSR count). The first-order valence-corrected chi connectivity index (χ1v) is 15.8. The third-order valence-corrected chi connectivity index (χ3v) is 10.2. The fourth-order valence-electron chi connectivity index (χ4n) is 7.81. The number of carbonyl (C=O) groups is 1. The van der Waals surface area contributed by atoms with Gasteiger partial charge in [-0.1, -0.05) is 32.0 Å². The number of aryl methyl sites for hydroxylation is 2. The first kappa shape index (κ1) is 27.8. The molecule has 4 nitrogen and oxygen atoms in total. The molecule has 0 spiro atoms. The Balaban J connectivity index is 1.27. The Morgan fingerprint density at radius 2 is 1.74 bits per heavy atom. The van der Waals surface area contributed by atoms with Crippen molar-refractivity contribution in [2.24, 2.45) is 23.7 Å². The summed E-state index contributed by atoms with van der Waals surface area (Å²) in [5, 5.41) is 1.28. The number of carbonyl (C=O) groups excluding carboxylic acids is 1. The van der Waals surface area contributed by atoms with Crippen molar-refractivity contribution in [3.8, 4) is 16.9 Å². The topological polar surface area (TPSA) is 39.8 Å². The Kier molecular flexibility index (Phi) is 7.07. The lowest BCUT2D eigenvalue weighted by Crippen LogP contribution is -2.41. The van der Waals surface area contributed by atoms with Gasteiger partial charge in [0.15, 0.2) is 0 Å². The van der Waals surface area contributed by atoms with Crippen LogP contribution in [0, 0.1) is 43.3 Å². The molecule has 3 aromatic heterocycles. The van der Waals surface area contributed by atoms with Gasteiger partial charge in [-0.05, 0) is 123 Å². The molecule has 5 heteroatoms. The van der Waals surface area contributed by atoms with Crippen LogP contribution < -0.4 is 0 Å². The van der Waals surface area contributed by atoms with E-state index in [1.165, 1.54) is 39.6 Å². The number of nitrogens with zero attached hydrogens (tertiary/aromatic N) is 3. The van der Waals surface area contributed by atoms with Crippen LogP contribution in [0.25, 0.3) is 27.8 Å². The smallest absolute Gasteiger partial charge is 0.138 e. The van der Waals surface area contributed by atoms with Gasteiger partial charge in [-0.15, -0.1) is 0 Å². The van der Waals surface area contributed by atoms with Crippen molar-refractivity contribution in [2.75, 3.05) is 0 Å². The van der Waals surface area contributed by atoms with Crippen LogP contribution in [0.4, 0.5) is 4.39 Å². The van der Waals surface area contributed by atoms with E-state index in [9.17, 15) is 9.18 Å². The number of pyridine rings is 1. The van der Waals surface area contributed by atoms with Crippen LogP contribution in [0.15, 0.2) is 72.9 Å². The van der Waals surface area contributed by atoms with Crippen LogP contribution in [0.1, 0.15) is 61.3 Å². The molecule has 0 bridgehead atoms. The molecular weight excluding hydrogens is 533 g/mol. The van der Waals surface area contributed by atoms with E-state index >= 15 is 0 Å². The van der Waals surface area contributed by atoms with E-state index in [0.29, 0.717) is 24.2 Å². The number of Topliss-reactive ketones (excluding diaryl/α,β-unsaturated/α-hetero) is 1. The molecule has 2 aliphatic carbocycles. The summed E-state index contributed by atoms with van der Waals surface area (Å²) in [6.07, 6.45) is 7.28. The second kappa shape index (κ2) is 10.9. The molecule has 1 saturated carbocycles. The van der Waals surface area contributed by atoms with Crippen LogP contribution in [-0.4, -0.2) is 19.9 Å². The molecule has 2 aliphatic rings. The molecule has 220 valence electrons. The van der Waals surface area contributed by atoms with Crippen LogP contribution in [0.5, 0.6) is 0 Å². The molecule has 0 amide bonds. The highest BCUT2D eigenvalue weighted by molar-refractivity contribution is 5.90. The average molecular weight is 574 g/mol. The minimum absolute atomic E-state index is 0.105. The number of ketones is 1. The first-order valence-electron chi connectivity index (χ1n) is 15.8. The van der Waals surface area contributed by atoms with E-state index in [4.69, 9.17) is 4.98 Å². The van der Waals surface area contributed by atoms with Crippen molar-refractivity contribution >= 4 is 16.7 Å². The third kappa shape index (κ3) is 4.93. The van der Waals surface area contributed by atoms with E-state index < -0.39 is 0 Å². The Morgan fingerprint density at radius 3 is 2.42 bits per heavy atom. The van der Waals surface area contributed by atoms with Crippen molar-refractivity contribution in [3.05, 3.63) is 107 Å². The highest BCUT2D eigenvalue weighted by atomic mass is 19.1. The summed E-state index contributed by atoms with van der Waals surface area (Å²) in [4.78, 5) is 17.8. The Bertz CT molecular complexity index is 1810. The van der Waals surface area contributed by atoms with Gasteiger partial charge in [0.05, 0.1) is 0 Å². The number of rotatable bonds is 7. The average Bonchev–Trinajstić information content (AvgIpc) is 3.47. The standard InChI is InChI=1S/C38H40FN3O/c1-23(2)38(43)32-14-13-31(32)28-11-16-36-34(20-28)33-19-27(10-15-35(33)41(36)22-26-6-5-7-30(39)18-26)29-12-17-37(40-21-29)42-24(3)8-9-25(42)4/h5-10,12,15,17-19,21,23,28,31-32H,11,13-14,16,20,22H2,1-4H3. The van der Waals surface area contributed by atoms with Gasteiger partial charge in [-0.3, -0.25) is 4.79 Å². The quantitative estimate of drug-likeness (QED) is 0.195. The van der Waals surface area contributed by atoms with Crippen molar-refractivity contribution in [3.63, 3.8) is 0 Å². The van der Waals surface area contributed by atoms with E-state index in [0.717, 1.165) is 54.6 Å². The molecule has 3 unspecified atom stereocenters. The van der Waals surface area contributed by atoms with Gasteiger partial charge in [0.25, 0.3) is 0 Å². The molecule has 0 saturated heterocycles. The molecule has 0 aliphatic heterocycles. The minimum atomic E-state index is -0.197. The van der Waals surface area contributed by atoms with Crippen molar-refractivity contribution in [1.82, 2.24) is 14.1 Å². The van der Waals surface area contributed by atoms with E-state index in [1.54, 1.807) is 12.1 Å². The zero-order chi connectivity index (χ0) is 29.8. The summed E-state index contributed by atoms with van der Waals surface area (Å²) in [5.74, 6) is 2.52. The molecule has 0 radical (unpaired) electrons. The molecule has 2 aromatic carbocycles. The van der Waals surface area contributed by atoms with E-state index in [1.807, 2.05) is 26.1 Å². The summed E-state index contributed by atoms with van der Waals surface area (Å²) in [7, 11) is 0. The first-order chi connectivity index (χ1) is 20.8. The number of hydrogen-bond acceptors (Lipinski definition) is 2. The van der Waals surface area contributed by atoms with E-state index in [2.05, 4.69) is 65.4 Å². The van der Waals surface area contributed by atoms with Gasteiger partial charge in [0.1, 0.15) is 17.4 Å². The zero-order valence-electron chi connectivity index (χ0n) is 25.6. The lowest BCUT2D eigenvalue weighted by molar-refractivity contribution is -0.132. The van der Waals surface area contributed by atoms with Gasteiger partial charge < -0.3 is 9.13 Å². The van der Waals surface area contributed by atoms with Crippen LogP contribution in [0.2, 0.25) is 0 Å². The lowest BCUT2D eigenvalue weighted by atomic mass is 9.60. The SMILES string of the molecule is Cc1ccc(C)n1-c1ccc(-c2ccc3c(c2)c2c(n3Cc3cccc(F)c3)CCC(C3CCC3C(=O)C(C)C)C2)cn1. The number of hydrogen-bond donors (Lipinski definition) is 0. The lowest BCUT2D eigenvalue weighted by Gasteiger charge is -2.43. The third-order valence-electron chi connectivity index (χ3n) is 10.2. The minimum Gasteiger partial charge on any atom is -0.340 e. The van der Waals surface area contributed by atoms with Crippen LogP contribution in [-0.2, 0) is 24.2 Å². The highest BCUT2D eigenvalue weighted by Gasteiger charge is 2.43. The Hall–Kier alpha value is -3.99. The van der Waals surface area contributed by atoms with Gasteiger partial charge in [-0.25, -0.2) is 9.37 Å². The summed E-state index contributed by atoms with van der Waals surface area (Å²) in [6, 6.07) is 22.2. The summed E-state index contributed by atoms with van der Waals surface area (Å²) >= 11 is 0. The Morgan fingerprint density at radius 1 is 0.953 bits per heavy atom. The van der Waals surface area contributed by atoms with Gasteiger partial charge in [0, 0.05) is 58.1 Å². The number of fused-ring (bicyclic) bond motifs is 3. The molecule has 43 heavy (non-hydrogen) atoms. The molecule has 5 aromatic rings. The van der Waals surface area contributed by atoms with Crippen LogP contribution in [0.3, 0.4) is 0 Å². The molecule has 3 heterocycles. The Labute approximate surface area is 253 Å². The number of halogens is 1. The second-order valence-electron chi connectivity index (χ2n) is 13.1. The largest absolute Gasteiger partial charge is 0.340 e. The molecule has 0 N–H and O–H groups in total. The fraction of sp³-hybridized carbons (Fsp3) is 0.368. The van der Waals surface area contributed by atoms with Gasteiger partial charge in [0.2, 0.25) is 0 Å². The molecular formula is C38H40FN3O.